The number of fused-ring (bicyclic) bond motifs is 1. The molecule has 2 rings (SSSR count). The van der Waals surface area contributed by atoms with Gasteiger partial charge in [-0.1, -0.05) is 43.4 Å². The highest BCUT2D eigenvalue weighted by Crippen LogP contribution is 2.47. The molecule has 2 aliphatic rings. The zero-order chi connectivity index (χ0) is 12.6. The molecule has 0 aliphatic heterocycles. The number of rotatable bonds is 1. The van der Waals surface area contributed by atoms with Crippen molar-refractivity contribution in [2.75, 3.05) is 0 Å². The van der Waals surface area contributed by atoms with Gasteiger partial charge in [0.1, 0.15) is 0 Å². The van der Waals surface area contributed by atoms with Gasteiger partial charge in [0.25, 0.3) is 0 Å². The van der Waals surface area contributed by atoms with Crippen molar-refractivity contribution < 1.29 is 5.11 Å². The maximum atomic E-state index is 9.75. The number of hydrogen-bond acceptors (Lipinski definition) is 1. The number of hydrogen-bond donors (Lipinski definition) is 1. The lowest BCUT2D eigenvalue weighted by Gasteiger charge is -2.44. The fourth-order valence-corrected chi connectivity index (χ4v) is 4.53. The SMILES string of the molecule is CC(C)(C)C(I)C1CCC2CC(O)CCC2C1. The highest BCUT2D eigenvalue weighted by atomic mass is 127. The molecule has 5 unspecified atom stereocenters. The summed E-state index contributed by atoms with van der Waals surface area (Å²) >= 11 is 2.69. The largest absolute Gasteiger partial charge is 0.393 e. The fourth-order valence-electron chi connectivity index (χ4n) is 3.87. The van der Waals surface area contributed by atoms with Gasteiger partial charge < -0.3 is 5.11 Å². The van der Waals surface area contributed by atoms with Gasteiger partial charge in [-0.15, -0.1) is 0 Å². The Kier molecular flexibility index (Phi) is 4.45. The van der Waals surface area contributed by atoms with E-state index in [0.29, 0.717) is 5.41 Å². The van der Waals surface area contributed by atoms with Crippen LogP contribution in [-0.2, 0) is 0 Å². The predicted molar refractivity (Wildman–Crippen MR) is 81.4 cm³/mol. The van der Waals surface area contributed by atoms with Crippen molar-refractivity contribution in [3.8, 4) is 0 Å². The first kappa shape index (κ1) is 14.1. The molecule has 2 heteroatoms. The summed E-state index contributed by atoms with van der Waals surface area (Å²) < 4.78 is 0.799. The Hall–Kier alpha value is 0.690. The third-order valence-corrected chi connectivity index (χ3v) is 7.75. The molecule has 100 valence electrons. The van der Waals surface area contributed by atoms with E-state index in [4.69, 9.17) is 0 Å². The molecule has 2 fully saturated rings. The smallest absolute Gasteiger partial charge is 0.0543 e. The second-order valence-corrected chi connectivity index (χ2v) is 8.67. The molecule has 0 bridgehead atoms. The van der Waals surface area contributed by atoms with Crippen LogP contribution in [0.25, 0.3) is 0 Å². The van der Waals surface area contributed by atoms with Crippen molar-refractivity contribution >= 4 is 22.6 Å². The van der Waals surface area contributed by atoms with Crippen LogP contribution in [0, 0.1) is 23.2 Å². The van der Waals surface area contributed by atoms with E-state index in [1.54, 1.807) is 0 Å². The van der Waals surface area contributed by atoms with Crippen molar-refractivity contribution in [2.24, 2.45) is 23.2 Å². The molecule has 0 saturated heterocycles. The van der Waals surface area contributed by atoms with Crippen molar-refractivity contribution in [3.63, 3.8) is 0 Å². The molecular weight excluding hydrogens is 323 g/mol. The average molecular weight is 350 g/mol. The number of alkyl halides is 1. The number of aliphatic hydroxyl groups is 1. The lowest BCUT2D eigenvalue weighted by molar-refractivity contribution is 0.0315. The quantitative estimate of drug-likeness (QED) is 0.549. The van der Waals surface area contributed by atoms with Crippen LogP contribution < -0.4 is 0 Å². The fraction of sp³-hybridized carbons (Fsp3) is 1.00. The summed E-state index contributed by atoms with van der Waals surface area (Å²) in [5.74, 6) is 2.66. The first-order valence-electron chi connectivity index (χ1n) is 7.20. The average Bonchev–Trinajstić information content (AvgIpc) is 2.26. The van der Waals surface area contributed by atoms with Crippen LogP contribution >= 0.6 is 22.6 Å². The minimum Gasteiger partial charge on any atom is -0.393 e. The molecule has 0 aromatic rings. The van der Waals surface area contributed by atoms with E-state index in [-0.39, 0.29) is 6.10 Å². The van der Waals surface area contributed by atoms with E-state index >= 15 is 0 Å². The number of aliphatic hydroxyl groups excluding tert-OH is 1. The van der Waals surface area contributed by atoms with Crippen molar-refractivity contribution in [1.82, 2.24) is 0 Å². The van der Waals surface area contributed by atoms with Crippen LogP contribution in [0.3, 0.4) is 0 Å². The van der Waals surface area contributed by atoms with E-state index < -0.39 is 0 Å². The van der Waals surface area contributed by atoms with Crippen LogP contribution in [0.4, 0.5) is 0 Å². The Morgan fingerprint density at radius 1 is 1.00 bits per heavy atom. The molecule has 5 atom stereocenters. The summed E-state index contributed by atoms with van der Waals surface area (Å²) in [6.07, 6.45) is 7.58. The first-order valence-corrected chi connectivity index (χ1v) is 8.44. The predicted octanol–water partition coefficient (Wildman–Crippen LogP) is 4.41. The summed E-state index contributed by atoms with van der Waals surface area (Å²) in [7, 11) is 0. The molecule has 0 amide bonds. The molecule has 2 aliphatic carbocycles. The molecular formula is C15H27IO. The van der Waals surface area contributed by atoms with E-state index in [0.717, 1.165) is 34.5 Å². The summed E-state index contributed by atoms with van der Waals surface area (Å²) in [6, 6.07) is 0. The van der Waals surface area contributed by atoms with Gasteiger partial charge in [0.15, 0.2) is 0 Å². The van der Waals surface area contributed by atoms with Gasteiger partial charge >= 0.3 is 0 Å². The topological polar surface area (TPSA) is 20.2 Å². The summed E-state index contributed by atoms with van der Waals surface area (Å²) in [6.45, 7) is 7.13. The van der Waals surface area contributed by atoms with Gasteiger partial charge in [-0.05, 0) is 61.7 Å². The van der Waals surface area contributed by atoms with Crippen LogP contribution in [0.2, 0.25) is 0 Å². The minimum atomic E-state index is 0.00538. The van der Waals surface area contributed by atoms with E-state index in [2.05, 4.69) is 43.4 Å². The standard InChI is InChI=1S/C15H27IO/c1-15(2,3)14(16)12-5-4-11-9-13(17)7-6-10(11)8-12/h10-14,17H,4-9H2,1-3H3. The van der Waals surface area contributed by atoms with Crippen molar-refractivity contribution in [1.29, 1.82) is 0 Å². The highest BCUT2D eigenvalue weighted by molar-refractivity contribution is 14.1. The molecule has 1 nitrogen and oxygen atoms in total. The van der Waals surface area contributed by atoms with Gasteiger partial charge in [-0.2, -0.15) is 0 Å². The lowest BCUT2D eigenvalue weighted by Crippen LogP contribution is -2.38. The van der Waals surface area contributed by atoms with E-state index in [1.807, 2.05) is 0 Å². The first-order chi connectivity index (χ1) is 7.88. The molecule has 0 aromatic carbocycles. The Labute approximate surface area is 120 Å². The molecule has 1 N–H and O–H groups in total. The molecule has 2 saturated carbocycles. The second-order valence-electron chi connectivity index (χ2n) is 7.33. The zero-order valence-electron chi connectivity index (χ0n) is 11.5. The van der Waals surface area contributed by atoms with Crippen LogP contribution in [0.15, 0.2) is 0 Å². The molecule has 0 radical (unpaired) electrons. The van der Waals surface area contributed by atoms with Crippen LogP contribution in [0.1, 0.15) is 59.3 Å². The van der Waals surface area contributed by atoms with Gasteiger partial charge in [-0.3, -0.25) is 0 Å². The van der Waals surface area contributed by atoms with E-state index in [9.17, 15) is 5.11 Å². The summed E-state index contributed by atoms with van der Waals surface area (Å²) in [4.78, 5) is 0. The monoisotopic (exact) mass is 350 g/mol. The maximum absolute atomic E-state index is 9.75. The normalized spacial score (nSPS) is 40.8. The van der Waals surface area contributed by atoms with Crippen molar-refractivity contribution in [3.05, 3.63) is 0 Å². The zero-order valence-corrected chi connectivity index (χ0v) is 13.6. The Bertz CT molecular complexity index is 258. The molecule has 0 heterocycles. The molecule has 17 heavy (non-hydrogen) atoms. The van der Waals surface area contributed by atoms with Crippen LogP contribution in [-0.4, -0.2) is 15.1 Å². The minimum absolute atomic E-state index is 0.00538. The Balaban J connectivity index is 1.94. The lowest BCUT2D eigenvalue weighted by atomic mass is 9.64. The third-order valence-electron chi connectivity index (χ3n) is 4.87. The van der Waals surface area contributed by atoms with Gasteiger partial charge in [0, 0.05) is 3.92 Å². The second kappa shape index (κ2) is 5.36. The third kappa shape index (κ3) is 3.37. The maximum Gasteiger partial charge on any atom is 0.0543 e. The van der Waals surface area contributed by atoms with Gasteiger partial charge in [-0.25, -0.2) is 0 Å². The summed E-state index contributed by atoms with van der Waals surface area (Å²) in [5.41, 5.74) is 0.437. The van der Waals surface area contributed by atoms with Crippen LogP contribution in [0.5, 0.6) is 0 Å². The number of halogens is 1. The van der Waals surface area contributed by atoms with Gasteiger partial charge in [0.2, 0.25) is 0 Å². The van der Waals surface area contributed by atoms with Crippen molar-refractivity contribution in [2.45, 2.75) is 69.3 Å². The Morgan fingerprint density at radius 3 is 2.24 bits per heavy atom. The molecule has 0 spiro atoms. The van der Waals surface area contributed by atoms with Gasteiger partial charge in [0.05, 0.1) is 6.10 Å². The van der Waals surface area contributed by atoms with E-state index in [1.165, 1.54) is 25.7 Å². The summed E-state index contributed by atoms with van der Waals surface area (Å²) in [5, 5.41) is 9.75. The Morgan fingerprint density at radius 2 is 1.59 bits per heavy atom. The highest BCUT2D eigenvalue weighted by Gasteiger charge is 2.39. The molecule has 0 aromatic heterocycles.